The first-order valence-electron chi connectivity index (χ1n) is 7.98. The van der Waals surface area contributed by atoms with Gasteiger partial charge in [-0.1, -0.05) is 0 Å². The average molecular weight is 296 g/mol. The molecule has 2 fully saturated rings. The van der Waals surface area contributed by atoms with Crippen molar-refractivity contribution in [3.05, 3.63) is 36.7 Å². The van der Waals surface area contributed by atoms with Crippen molar-refractivity contribution in [2.75, 3.05) is 23.3 Å². The van der Waals surface area contributed by atoms with E-state index in [1.807, 2.05) is 12.3 Å². The molecule has 114 valence electrons. The van der Waals surface area contributed by atoms with E-state index in [-0.39, 0.29) is 0 Å². The summed E-state index contributed by atoms with van der Waals surface area (Å²) in [6, 6.07) is 4.72. The summed E-state index contributed by atoms with van der Waals surface area (Å²) in [6.45, 7) is 2.02. The molecule has 1 saturated heterocycles. The number of nitrogens with zero attached hydrogens (tertiary/aromatic N) is 5. The van der Waals surface area contributed by atoms with Crippen LogP contribution in [0.3, 0.4) is 0 Å². The summed E-state index contributed by atoms with van der Waals surface area (Å²) in [4.78, 5) is 19.5. The fourth-order valence-corrected chi connectivity index (χ4v) is 2.98. The van der Waals surface area contributed by atoms with Gasteiger partial charge in [-0.25, -0.2) is 19.9 Å². The fraction of sp³-hybridized carbons (Fsp3) is 0.500. The SMILES string of the molecule is c1cc(C2CCN(c3cc(NC4CC4)ncn3)CC2)ncn1. The molecule has 3 heterocycles. The largest absolute Gasteiger partial charge is 0.367 e. The third-order valence-corrected chi connectivity index (χ3v) is 4.42. The maximum atomic E-state index is 4.44. The molecule has 0 aromatic carbocycles. The van der Waals surface area contributed by atoms with Crippen molar-refractivity contribution in [1.82, 2.24) is 19.9 Å². The Kier molecular flexibility index (Phi) is 3.58. The van der Waals surface area contributed by atoms with E-state index in [1.54, 1.807) is 12.7 Å². The van der Waals surface area contributed by atoms with E-state index in [4.69, 9.17) is 0 Å². The fourth-order valence-electron chi connectivity index (χ4n) is 2.98. The Bertz CT molecular complexity index is 620. The molecule has 0 atom stereocenters. The van der Waals surface area contributed by atoms with Gasteiger partial charge in [0.15, 0.2) is 0 Å². The second-order valence-electron chi connectivity index (χ2n) is 6.08. The van der Waals surface area contributed by atoms with Gasteiger partial charge in [0.25, 0.3) is 0 Å². The standard InChI is InChI=1S/C16H20N6/c1-2-13(1)21-15-9-16(20-11-19-15)22-7-4-12(5-8-22)14-3-6-17-10-18-14/h3,6,9-13H,1-2,4-5,7-8H2,(H,19,20,21). The first kappa shape index (κ1) is 13.4. The topological polar surface area (TPSA) is 66.8 Å². The van der Waals surface area contributed by atoms with Gasteiger partial charge in [0.2, 0.25) is 0 Å². The van der Waals surface area contributed by atoms with E-state index < -0.39 is 0 Å². The van der Waals surface area contributed by atoms with Crippen LogP contribution in [0.5, 0.6) is 0 Å². The summed E-state index contributed by atoms with van der Waals surface area (Å²) in [7, 11) is 0. The summed E-state index contributed by atoms with van der Waals surface area (Å²) in [5.74, 6) is 2.51. The normalized spacial score (nSPS) is 19.2. The monoisotopic (exact) mass is 296 g/mol. The molecule has 0 spiro atoms. The van der Waals surface area contributed by atoms with Gasteiger partial charge in [0, 0.05) is 43.0 Å². The highest BCUT2D eigenvalue weighted by molar-refractivity contribution is 5.49. The molecule has 0 unspecified atom stereocenters. The number of hydrogen-bond donors (Lipinski definition) is 1. The molecule has 0 radical (unpaired) electrons. The van der Waals surface area contributed by atoms with Gasteiger partial charge in [-0.05, 0) is 31.7 Å². The first-order valence-corrected chi connectivity index (χ1v) is 7.98. The Hall–Kier alpha value is -2.24. The zero-order valence-electron chi connectivity index (χ0n) is 12.5. The molecule has 2 aliphatic rings. The highest BCUT2D eigenvalue weighted by atomic mass is 15.2. The van der Waals surface area contributed by atoms with Crippen LogP contribution < -0.4 is 10.2 Å². The summed E-state index contributed by atoms with van der Waals surface area (Å²) < 4.78 is 0. The second kappa shape index (κ2) is 5.87. The molecule has 0 bridgehead atoms. The maximum Gasteiger partial charge on any atom is 0.134 e. The van der Waals surface area contributed by atoms with E-state index in [1.165, 1.54) is 12.8 Å². The van der Waals surface area contributed by atoms with Gasteiger partial charge < -0.3 is 10.2 Å². The molecule has 22 heavy (non-hydrogen) atoms. The number of aromatic nitrogens is 4. The summed E-state index contributed by atoms with van der Waals surface area (Å²) in [5, 5.41) is 3.44. The van der Waals surface area contributed by atoms with Gasteiger partial charge in [-0.3, -0.25) is 0 Å². The van der Waals surface area contributed by atoms with Crippen LogP contribution >= 0.6 is 0 Å². The molecule has 6 heteroatoms. The van der Waals surface area contributed by atoms with E-state index in [9.17, 15) is 0 Å². The minimum atomic E-state index is 0.533. The van der Waals surface area contributed by atoms with Gasteiger partial charge in [-0.15, -0.1) is 0 Å². The number of nitrogens with one attached hydrogen (secondary N) is 1. The predicted octanol–water partition coefficient (Wildman–Crippen LogP) is 2.22. The van der Waals surface area contributed by atoms with E-state index in [0.717, 1.165) is 43.3 Å². The zero-order chi connectivity index (χ0) is 14.8. The van der Waals surface area contributed by atoms with Crippen molar-refractivity contribution in [3.8, 4) is 0 Å². The van der Waals surface area contributed by atoms with Crippen molar-refractivity contribution < 1.29 is 0 Å². The van der Waals surface area contributed by atoms with Crippen molar-refractivity contribution in [2.24, 2.45) is 0 Å². The molecular weight excluding hydrogens is 276 g/mol. The summed E-state index contributed by atoms with van der Waals surface area (Å²) in [5.41, 5.74) is 1.16. The molecule has 4 rings (SSSR count). The molecule has 1 aliphatic carbocycles. The third-order valence-electron chi connectivity index (χ3n) is 4.42. The van der Waals surface area contributed by atoms with Crippen molar-refractivity contribution in [3.63, 3.8) is 0 Å². The molecule has 6 nitrogen and oxygen atoms in total. The Morgan fingerprint density at radius 2 is 1.86 bits per heavy atom. The van der Waals surface area contributed by atoms with Crippen LogP contribution in [0.1, 0.15) is 37.3 Å². The Balaban J connectivity index is 1.40. The Labute approximate surface area is 130 Å². The first-order chi connectivity index (χ1) is 10.9. The van der Waals surface area contributed by atoms with Crippen LogP contribution in [0.15, 0.2) is 31.0 Å². The van der Waals surface area contributed by atoms with Gasteiger partial charge in [-0.2, -0.15) is 0 Å². The van der Waals surface area contributed by atoms with Crippen LogP contribution in [-0.4, -0.2) is 39.1 Å². The van der Waals surface area contributed by atoms with Crippen molar-refractivity contribution in [1.29, 1.82) is 0 Å². The highest BCUT2D eigenvalue weighted by Gasteiger charge is 2.24. The summed E-state index contributed by atoms with van der Waals surface area (Å²) >= 11 is 0. The smallest absolute Gasteiger partial charge is 0.134 e. The van der Waals surface area contributed by atoms with E-state index in [2.05, 4.69) is 36.2 Å². The molecule has 1 N–H and O–H groups in total. The molecule has 2 aromatic heterocycles. The Morgan fingerprint density at radius 3 is 2.59 bits per heavy atom. The quantitative estimate of drug-likeness (QED) is 0.933. The maximum absolute atomic E-state index is 4.44. The number of rotatable bonds is 4. The minimum Gasteiger partial charge on any atom is -0.367 e. The van der Waals surface area contributed by atoms with E-state index in [0.29, 0.717) is 12.0 Å². The third kappa shape index (κ3) is 3.00. The van der Waals surface area contributed by atoms with Crippen molar-refractivity contribution in [2.45, 2.75) is 37.6 Å². The van der Waals surface area contributed by atoms with Gasteiger partial charge >= 0.3 is 0 Å². The van der Waals surface area contributed by atoms with Gasteiger partial charge in [0.05, 0.1) is 0 Å². The zero-order valence-corrected chi connectivity index (χ0v) is 12.5. The van der Waals surface area contributed by atoms with Crippen molar-refractivity contribution >= 4 is 11.6 Å². The van der Waals surface area contributed by atoms with Crippen LogP contribution in [-0.2, 0) is 0 Å². The number of piperidine rings is 1. The molecule has 0 amide bonds. The number of hydrogen-bond acceptors (Lipinski definition) is 6. The molecular formula is C16H20N6. The lowest BCUT2D eigenvalue weighted by atomic mass is 9.93. The minimum absolute atomic E-state index is 0.533. The summed E-state index contributed by atoms with van der Waals surface area (Å²) in [6.07, 6.45) is 9.85. The highest BCUT2D eigenvalue weighted by Crippen LogP contribution is 2.29. The van der Waals surface area contributed by atoms with Crippen LogP contribution in [0.4, 0.5) is 11.6 Å². The number of anilines is 2. The Morgan fingerprint density at radius 1 is 1.00 bits per heavy atom. The van der Waals surface area contributed by atoms with Crippen LogP contribution in [0, 0.1) is 0 Å². The molecule has 2 aromatic rings. The van der Waals surface area contributed by atoms with E-state index >= 15 is 0 Å². The lowest BCUT2D eigenvalue weighted by molar-refractivity contribution is 0.493. The lowest BCUT2D eigenvalue weighted by Crippen LogP contribution is -2.33. The molecule has 1 aliphatic heterocycles. The average Bonchev–Trinajstić information content (AvgIpc) is 3.40. The molecule has 1 saturated carbocycles. The van der Waals surface area contributed by atoms with Crippen LogP contribution in [0.2, 0.25) is 0 Å². The van der Waals surface area contributed by atoms with Crippen LogP contribution in [0.25, 0.3) is 0 Å². The predicted molar refractivity (Wildman–Crippen MR) is 84.9 cm³/mol. The lowest BCUT2D eigenvalue weighted by Gasteiger charge is -2.32. The second-order valence-corrected chi connectivity index (χ2v) is 6.08. The van der Waals surface area contributed by atoms with Gasteiger partial charge in [0.1, 0.15) is 24.3 Å².